The average molecular weight is 438 g/mol. The number of carbonyl (C=O) groups excluding carboxylic acids is 1. The Kier molecular flexibility index (Phi) is 6.60. The highest BCUT2D eigenvalue weighted by molar-refractivity contribution is 5.89. The minimum absolute atomic E-state index is 0.0823. The predicted octanol–water partition coefficient (Wildman–Crippen LogP) is 4.58. The topological polar surface area (TPSA) is 62.8 Å². The van der Waals surface area contributed by atoms with Crippen molar-refractivity contribution >= 4 is 11.7 Å². The molecule has 4 rings (SSSR count). The lowest BCUT2D eigenvalue weighted by atomic mass is 9.65. The van der Waals surface area contributed by atoms with Gasteiger partial charge in [-0.25, -0.2) is 4.79 Å². The third-order valence-corrected chi connectivity index (χ3v) is 7.44. The molecule has 2 amide bonds. The number of urea groups is 1. The Morgan fingerprint density at radius 3 is 2.53 bits per heavy atom. The molecular formula is C26H35N3O3. The molecule has 6 heteroatoms. The highest BCUT2D eigenvalue weighted by Gasteiger charge is 2.50. The van der Waals surface area contributed by atoms with Crippen molar-refractivity contribution in [3.63, 3.8) is 0 Å². The highest BCUT2D eigenvalue weighted by Crippen LogP contribution is 2.49. The highest BCUT2D eigenvalue weighted by atomic mass is 16.5. The molecule has 2 aromatic rings. The van der Waals surface area contributed by atoms with Crippen LogP contribution >= 0.6 is 0 Å². The Balaban J connectivity index is 1.45. The molecule has 1 heterocycles. The van der Waals surface area contributed by atoms with Crippen LogP contribution in [0.3, 0.4) is 0 Å². The lowest BCUT2D eigenvalue weighted by molar-refractivity contribution is 0.156. The Morgan fingerprint density at radius 2 is 1.84 bits per heavy atom. The molecule has 1 saturated heterocycles. The van der Waals surface area contributed by atoms with E-state index in [9.17, 15) is 4.79 Å². The fraction of sp³-hybridized carbons (Fsp3) is 0.500. The summed E-state index contributed by atoms with van der Waals surface area (Å²) in [5.41, 5.74) is 3.48. The normalized spacial score (nSPS) is 25.1. The molecule has 0 radical (unpaired) electrons. The van der Waals surface area contributed by atoms with Gasteiger partial charge in [-0.1, -0.05) is 25.1 Å². The lowest BCUT2D eigenvalue weighted by Gasteiger charge is -2.45. The molecule has 32 heavy (non-hydrogen) atoms. The number of benzene rings is 2. The summed E-state index contributed by atoms with van der Waals surface area (Å²) in [5, 5.41) is 6.20. The summed E-state index contributed by atoms with van der Waals surface area (Å²) in [4.78, 5) is 15.1. The lowest BCUT2D eigenvalue weighted by Crippen LogP contribution is -2.52. The van der Waals surface area contributed by atoms with E-state index in [0.29, 0.717) is 6.04 Å². The number of anilines is 1. The number of methoxy groups -OCH3 is 2. The van der Waals surface area contributed by atoms with Gasteiger partial charge in [0.2, 0.25) is 0 Å². The quantitative estimate of drug-likeness (QED) is 0.694. The average Bonchev–Trinajstić information content (AvgIpc) is 3.16. The molecule has 2 aromatic carbocycles. The zero-order valence-electron chi connectivity index (χ0n) is 19.6. The molecule has 0 unspecified atom stereocenters. The maximum Gasteiger partial charge on any atom is 0.319 e. The molecule has 1 aliphatic carbocycles. The fourth-order valence-corrected chi connectivity index (χ4v) is 5.57. The fourth-order valence-electron chi connectivity index (χ4n) is 5.57. The largest absolute Gasteiger partial charge is 0.493 e. The third-order valence-electron chi connectivity index (χ3n) is 7.44. The van der Waals surface area contributed by atoms with Crippen molar-refractivity contribution < 1.29 is 14.3 Å². The monoisotopic (exact) mass is 437 g/mol. The third kappa shape index (κ3) is 4.29. The van der Waals surface area contributed by atoms with E-state index in [1.54, 1.807) is 14.2 Å². The summed E-state index contributed by atoms with van der Waals surface area (Å²) >= 11 is 0. The first-order valence-electron chi connectivity index (χ1n) is 11.6. The minimum Gasteiger partial charge on any atom is -0.493 e. The number of nitrogens with zero attached hydrogens (tertiary/aromatic N) is 1. The standard InChI is InChI=1S/C26H35N3O3/c1-5-18-6-9-20(10-7-18)27-25(30)28-21-12-13-26(14-15-29(2)24(26)17-21)19-8-11-22(31-3)23(16-19)32-4/h6-11,16,21,24H,5,12-15,17H2,1-4H3,(H2,27,28,30)/t21-,24+,26+/m1/s1. The summed E-state index contributed by atoms with van der Waals surface area (Å²) in [5.74, 6) is 1.54. The van der Waals surface area contributed by atoms with Gasteiger partial charge < -0.3 is 25.0 Å². The van der Waals surface area contributed by atoms with Crippen molar-refractivity contribution in [1.29, 1.82) is 0 Å². The van der Waals surface area contributed by atoms with Crippen LogP contribution in [0.2, 0.25) is 0 Å². The summed E-state index contributed by atoms with van der Waals surface area (Å²) in [7, 11) is 5.56. The number of nitrogens with one attached hydrogen (secondary N) is 2. The maximum absolute atomic E-state index is 12.6. The van der Waals surface area contributed by atoms with Gasteiger partial charge in [0.05, 0.1) is 14.2 Å². The molecule has 2 N–H and O–H groups in total. The molecule has 3 atom stereocenters. The SMILES string of the molecule is CCc1ccc(NC(=O)N[C@@H]2CC[C@@]3(c4ccc(OC)c(OC)c4)CCN(C)[C@H]3C2)cc1. The van der Waals surface area contributed by atoms with E-state index >= 15 is 0 Å². The van der Waals surface area contributed by atoms with Crippen LogP contribution in [0, 0.1) is 0 Å². The number of aryl methyl sites for hydroxylation is 1. The molecule has 0 aromatic heterocycles. The number of amides is 2. The number of carbonyl (C=O) groups is 1. The van der Waals surface area contributed by atoms with Gasteiger partial charge in [-0.2, -0.15) is 0 Å². The van der Waals surface area contributed by atoms with Gasteiger partial charge in [-0.15, -0.1) is 0 Å². The first-order valence-corrected chi connectivity index (χ1v) is 11.6. The van der Waals surface area contributed by atoms with Crippen molar-refractivity contribution in [2.75, 3.05) is 33.1 Å². The minimum atomic E-state index is -0.126. The van der Waals surface area contributed by atoms with Crippen LogP contribution in [0.4, 0.5) is 10.5 Å². The number of rotatable bonds is 6. The molecule has 0 bridgehead atoms. The van der Waals surface area contributed by atoms with Crippen LogP contribution in [-0.2, 0) is 11.8 Å². The van der Waals surface area contributed by atoms with Gasteiger partial charge in [0.1, 0.15) is 0 Å². The first kappa shape index (κ1) is 22.5. The molecule has 1 aliphatic heterocycles. The molecule has 0 spiro atoms. The smallest absolute Gasteiger partial charge is 0.319 e. The Morgan fingerprint density at radius 1 is 1.09 bits per heavy atom. The van der Waals surface area contributed by atoms with Crippen molar-refractivity contribution in [2.45, 2.75) is 56.5 Å². The van der Waals surface area contributed by atoms with Crippen LogP contribution in [0.5, 0.6) is 11.5 Å². The first-order chi connectivity index (χ1) is 15.5. The van der Waals surface area contributed by atoms with Crippen molar-refractivity contribution in [1.82, 2.24) is 10.2 Å². The van der Waals surface area contributed by atoms with E-state index in [2.05, 4.69) is 53.8 Å². The van der Waals surface area contributed by atoms with Crippen molar-refractivity contribution in [3.8, 4) is 11.5 Å². The second kappa shape index (κ2) is 9.41. The number of fused-ring (bicyclic) bond motifs is 1. The van der Waals surface area contributed by atoms with Gasteiger partial charge in [0.25, 0.3) is 0 Å². The van der Waals surface area contributed by atoms with Gasteiger partial charge in [0.15, 0.2) is 11.5 Å². The van der Waals surface area contributed by atoms with E-state index in [0.717, 1.165) is 55.8 Å². The van der Waals surface area contributed by atoms with Crippen molar-refractivity contribution in [3.05, 3.63) is 53.6 Å². The maximum atomic E-state index is 12.6. The van der Waals surface area contributed by atoms with E-state index < -0.39 is 0 Å². The van der Waals surface area contributed by atoms with Crippen LogP contribution in [-0.4, -0.2) is 50.8 Å². The predicted molar refractivity (Wildman–Crippen MR) is 128 cm³/mol. The molecule has 2 fully saturated rings. The van der Waals surface area contributed by atoms with Gasteiger partial charge >= 0.3 is 6.03 Å². The van der Waals surface area contributed by atoms with Crippen LogP contribution in [0.25, 0.3) is 0 Å². The number of likely N-dealkylation sites (N-methyl/N-ethyl adjacent to an activating group) is 1. The summed E-state index contributed by atoms with van der Waals surface area (Å²) in [6.07, 6.45) is 5.04. The molecule has 172 valence electrons. The summed E-state index contributed by atoms with van der Waals surface area (Å²) < 4.78 is 11.0. The van der Waals surface area contributed by atoms with Crippen molar-refractivity contribution in [2.24, 2.45) is 0 Å². The van der Waals surface area contributed by atoms with Crippen LogP contribution in [0.1, 0.15) is 43.7 Å². The van der Waals surface area contributed by atoms with Gasteiger partial charge in [-0.3, -0.25) is 0 Å². The molecular weight excluding hydrogens is 402 g/mol. The molecule has 1 saturated carbocycles. The zero-order valence-corrected chi connectivity index (χ0v) is 19.6. The molecule has 6 nitrogen and oxygen atoms in total. The van der Waals surface area contributed by atoms with Gasteiger partial charge in [-0.05, 0) is 81.1 Å². The van der Waals surface area contributed by atoms with E-state index in [-0.39, 0.29) is 17.5 Å². The number of likely N-dealkylation sites (tertiary alicyclic amines) is 1. The molecule has 2 aliphatic rings. The van der Waals surface area contributed by atoms with Crippen LogP contribution < -0.4 is 20.1 Å². The zero-order chi connectivity index (χ0) is 22.7. The van der Waals surface area contributed by atoms with Gasteiger partial charge in [0, 0.05) is 23.2 Å². The van der Waals surface area contributed by atoms with E-state index in [1.165, 1.54) is 11.1 Å². The second-order valence-corrected chi connectivity index (χ2v) is 9.09. The number of hydrogen-bond acceptors (Lipinski definition) is 4. The number of hydrogen-bond donors (Lipinski definition) is 2. The van der Waals surface area contributed by atoms with E-state index in [1.807, 2.05) is 18.2 Å². The Bertz CT molecular complexity index is 946. The number of ether oxygens (including phenoxy) is 2. The summed E-state index contributed by atoms with van der Waals surface area (Å²) in [6.45, 7) is 3.18. The Hall–Kier alpha value is -2.73. The Labute approximate surface area is 191 Å². The van der Waals surface area contributed by atoms with E-state index in [4.69, 9.17) is 9.47 Å². The van der Waals surface area contributed by atoms with Crippen LogP contribution in [0.15, 0.2) is 42.5 Å². The summed E-state index contributed by atoms with van der Waals surface area (Å²) in [6, 6.07) is 14.8. The second-order valence-electron chi connectivity index (χ2n) is 9.09.